The Morgan fingerprint density at radius 1 is 0.840 bits per heavy atom. The van der Waals surface area contributed by atoms with E-state index < -0.39 is 0 Å². The molecular formula is C20H20N4O. The zero-order chi connectivity index (χ0) is 16.9. The average Bonchev–Trinajstić information content (AvgIpc) is 2.71. The molecule has 1 aromatic heterocycles. The first kappa shape index (κ1) is 15.7. The lowest BCUT2D eigenvalue weighted by Gasteiger charge is -2.38. The molecule has 0 spiro atoms. The second-order valence-corrected chi connectivity index (χ2v) is 5.82. The number of nitrogens with zero attached hydrogens (tertiary/aromatic N) is 4. The summed E-state index contributed by atoms with van der Waals surface area (Å²) in [6.45, 7) is 3.11. The van der Waals surface area contributed by atoms with Crippen molar-refractivity contribution in [1.82, 2.24) is 15.0 Å². The fraction of sp³-hybridized carbons (Fsp3) is 0.200. The van der Waals surface area contributed by atoms with Gasteiger partial charge in [0, 0.05) is 30.9 Å². The van der Waals surface area contributed by atoms with Crippen molar-refractivity contribution >= 4 is 11.5 Å². The van der Waals surface area contributed by atoms with Crippen molar-refractivity contribution in [2.75, 3.05) is 31.3 Å². The molecule has 5 heteroatoms. The van der Waals surface area contributed by atoms with Crippen LogP contribution in [0.5, 0.6) is 0 Å². The highest BCUT2D eigenvalue weighted by atomic mass is 16.5. The van der Waals surface area contributed by atoms with Crippen molar-refractivity contribution in [2.45, 2.75) is 0 Å². The molecule has 0 atom stereocenters. The van der Waals surface area contributed by atoms with Crippen LogP contribution in [0.2, 0.25) is 0 Å². The Labute approximate surface area is 147 Å². The summed E-state index contributed by atoms with van der Waals surface area (Å²) in [7, 11) is 0. The zero-order valence-corrected chi connectivity index (χ0v) is 14.0. The van der Waals surface area contributed by atoms with Gasteiger partial charge in [-0.3, -0.25) is 5.01 Å². The Balaban J connectivity index is 1.74. The molecule has 1 aliphatic heterocycles. The van der Waals surface area contributed by atoms with Gasteiger partial charge in [-0.2, -0.15) is 0 Å². The van der Waals surface area contributed by atoms with Crippen LogP contribution in [0.25, 0.3) is 11.4 Å². The van der Waals surface area contributed by atoms with Crippen LogP contribution in [0.4, 0.5) is 11.5 Å². The molecule has 0 bridgehead atoms. The summed E-state index contributed by atoms with van der Waals surface area (Å²) < 4.78 is 5.51. The number of hydrazine groups is 1. The van der Waals surface area contributed by atoms with Crippen LogP contribution in [-0.2, 0) is 4.74 Å². The number of anilines is 2. The van der Waals surface area contributed by atoms with E-state index in [4.69, 9.17) is 9.72 Å². The third-order valence-electron chi connectivity index (χ3n) is 4.16. The van der Waals surface area contributed by atoms with Gasteiger partial charge in [-0.1, -0.05) is 48.5 Å². The number of ether oxygens (including phenoxy) is 1. The lowest BCUT2D eigenvalue weighted by molar-refractivity contribution is 0.0375. The molecule has 3 aromatic rings. The van der Waals surface area contributed by atoms with Crippen molar-refractivity contribution in [1.29, 1.82) is 0 Å². The molecule has 126 valence electrons. The first-order chi connectivity index (χ1) is 12.4. The minimum absolute atomic E-state index is 0.722. The lowest BCUT2D eigenvalue weighted by Crippen LogP contribution is -2.47. The van der Waals surface area contributed by atoms with E-state index in [-0.39, 0.29) is 0 Å². The van der Waals surface area contributed by atoms with E-state index in [1.807, 2.05) is 60.8 Å². The molecule has 4 rings (SSSR count). The number of benzene rings is 2. The molecule has 0 N–H and O–H groups in total. The van der Waals surface area contributed by atoms with Crippen LogP contribution >= 0.6 is 0 Å². The number of para-hydroxylation sites is 1. The second kappa shape index (κ2) is 7.42. The normalized spacial score (nSPS) is 15.0. The van der Waals surface area contributed by atoms with Crippen molar-refractivity contribution in [3.05, 3.63) is 72.9 Å². The summed E-state index contributed by atoms with van der Waals surface area (Å²) in [5, 5.41) is 4.44. The number of morpholine rings is 1. The zero-order valence-electron chi connectivity index (χ0n) is 14.0. The molecule has 1 aliphatic rings. The van der Waals surface area contributed by atoms with E-state index in [2.05, 4.69) is 27.1 Å². The summed E-state index contributed by atoms with van der Waals surface area (Å²) in [6, 6.07) is 22.3. The maximum absolute atomic E-state index is 5.51. The number of hydrogen-bond donors (Lipinski definition) is 0. The van der Waals surface area contributed by atoms with Gasteiger partial charge in [-0.25, -0.2) is 15.0 Å². The Hall–Kier alpha value is -2.76. The molecule has 0 saturated carbocycles. The molecule has 1 fully saturated rings. The van der Waals surface area contributed by atoms with E-state index in [9.17, 15) is 0 Å². The van der Waals surface area contributed by atoms with Crippen molar-refractivity contribution in [2.24, 2.45) is 0 Å². The van der Waals surface area contributed by atoms with Crippen LogP contribution in [0, 0.1) is 0 Å². The summed E-state index contributed by atoms with van der Waals surface area (Å²) in [5.74, 6) is 1.59. The Morgan fingerprint density at radius 2 is 1.52 bits per heavy atom. The maximum Gasteiger partial charge on any atom is 0.161 e. The van der Waals surface area contributed by atoms with Crippen molar-refractivity contribution in [3.63, 3.8) is 0 Å². The Morgan fingerprint density at radius 3 is 2.24 bits per heavy atom. The molecule has 0 amide bonds. The highest BCUT2D eigenvalue weighted by Gasteiger charge is 2.22. The first-order valence-electron chi connectivity index (χ1n) is 8.48. The van der Waals surface area contributed by atoms with Gasteiger partial charge >= 0.3 is 0 Å². The molecule has 0 radical (unpaired) electrons. The minimum atomic E-state index is 0.722. The maximum atomic E-state index is 5.51. The largest absolute Gasteiger partial charge is 0.379 e. The predicted octanol–water partition coefficient (Wildman–Crippen LogP) is 3.53. The molecule has 1 saturated heterocycles. The summed E-state index contributed by atoms with van der Waals surface area (Å²) in [5.41, 5.74) is 2.10. The van der Waals surface area contributed by atoms with E-state index >= 15 is 0 Å². The topological polar surface area (TPSA) is 41.5 Å². The van der Waals surface area contributed by atoms with Gasteiger partial charge in [-0.05, 0) is 12.1 Å². The molecule has 5 nitrogen and oxygen atoms in total. The average molecular weight is 332 g/mol. The summed E-state index contributed by atoms with van der Waals surface area (Å²) in [4.78, 5) is 9.28. The smallest absolute Gasteiger partial charge is 0.161 e. The molecule has 2 aromatic carbocycles. The fourth-order valence-corrected chi connectivity index (χ4v) is 2.96. The number of hydrogen-bond acceptors (Lipinski definition) is 5. The Bertz CT molecular complexity index is 804. The highest BCUT2D eigenvalue weighted by Crippen LogP contribution is 2.27. The third-order valence-corrected chi connectivity index (χ3v) is 4.16. The van der Waals surface area contributed by atoms with E-state index in [1.165, 1.54) is 0 Å². The Kier molecular flexibility index (Phi) is 4.68. The number of rotatable bonds is 4. The molecule has 0 unspecified atom stereocenters. The van der Waals surface area contributed by atoms with Crippen molar-refractivity contribution < 1.29 is 4.74 Å². The monoisotopic (exact) mass is 332 g/mol. The van der Waals surface area contributed by atoms with Gasteiger partial charge in [0.15, 0.2) is 11.6 Å². The molecule has 0 aliphatic carbocycles. The lowest BCUT2D eigenvalue weighted by atomic mass is 10.2. The first-order valence-corrected chi connectivity index (χ1v) is 8.48. The molecular weight excluding hydrogens is 312 g/mol. The quantitative estimate of drug-likeness (QED) is 0.731. The van der Waals surface area contributed by atoms with E-state index in [0.717, 1.165) is 49.2 Å². The van der Waals surface area contributed by atoms with Crippen LogP contribution in [0.15, 0.2) is 72.9 Å². The van der Waals surface area contributed by atoms with E-state index in [0.29, 0.717) is 0 Å². The van der Waals surface area contributed by atoms with Gasteiger partial charge in [0.2, 0.25) is 0 Å². The van der Waals surface area contributed by atoms with Crippen LogP contribution in [-0.4, -0.2) is 41.3 Å². The van der Waals surface area contributed by atoms with Crippen molar-refractivity contribution in [3.8, 4) is 11.4 Å². The summed E-state index contributed by atoms with van der Waals surface area (Å²) >= 11 is 0. The SMILES string of the molecule is c1ccc(-c2nccc(N(c3ccccc3)N3CCOCC3)n2)cc1. The van der Waals surface area contributed by atoms with Gasteiger partial charge in [-0.15, -0.1) is 0 Å². The standard InChI is InChI=1S/C20H20N4O/c1-3-7-17(8-4-1)20-21-12-11-19(22-20)24(18-9-5-2-6-10-18)23-13-15-25-16-14-23/h1-12H,13-16H2. The minimum Gasteiger partial charge on any atom is -0.379 e. The highest BCUT2D eigenvalue weighted by molar-refractivity contribution is 5.62. The van der Waals surface area contributed by atoms with Gasteiger partial charge in [0.05, 0.1) is 18.9 Å². The van der Waals surface area contributed by atoms with Gasteiger partial charge < -0.3 is 4.74 Å². The van der Waals surface area contributed by atoms with Gasteiger partial charge in [0.25, 0.3) is 0 Å². The van der Waals surface area contributed by atoms with E-state index in [1.54, 1.807) is 0 Å². The van der Waals surface area contributed by atoms with Crippen LogP contribution in [0.3, 0.4) is 0 Å². The summed E-state index contributed by atoms with van der Waals surface area (Å²) in [6.07, 6.45) is 1.82. The van der Waals surface area contributed by atoms with Crippen LogP contribution < -0.4 is 5.01 Å². The second-order valence-electron chi connectivity index (χ2n) is 5.82. The fourth-order valence-electron chi connectivity index (χ4n) is 2.96. The van der Waals surface area contributed by atoms with Gasteiger partial charge in [0.1, 0.15) is 0 Å². The third kappa shape index (κ3) is 3.52. The molecule has 25 heavy (non-hydrogen) atoms. The number of aromatic nitrogens is 2. The predicted molar refractivity (Wildman–Crippen MR) is 98.4 cm³/mol. The van der Waals surface area contributed by atoms with Crippen LogP contribution in [0.1, 0.15) is 0 Å². The molecule has 2 heterocycles.